The number of imidazole rings is 1. The van der Waals surface area contributed by atoms with Gasteiger partial charge in [-0.3, -0.25) is 9.48 Å². The second-order valence-corrected chi connectivity index (χ2v) is 11.6. The van der Waals surface area contributed by atoms with E-state index in [2.05, 4.69) is 11.6 Å². The number of benzene rings is 1. The Balaban J connectivity index is 1.50. The first kappa shape index (κ1) is 28.8. The molecule has 1 unspecified atom stereocenters. The van der Waals surface area contributed by atoms with Gasteiger partial charge in [0.25, 0.3) is 0 Å². The number of rotatable bonds is 8. The highest BCUT2D eigenvalue weighted by Gasteiger charge is 2.31. The molecular formula is C33H28F2N6O3S. The lowest BCUT2D eigenvalue weighted by atomic mass is 9.96. The summed E-state index contributed by atoms with van der Waals surface area (Å²) in [7, 11) is 1.53. The number of hydrogen-bond donors (Lipinski definition) is 0. The standard InChI is InChI=1S/C33H28F2N6O3S/c1-4-28(42)40-8-9-41-26(19(40)2)15-25(38-41)32-30(29-24(35)13-21(34)14-27(29)44-11-10-43-3)33-23(7-12-45-33)31(37-32)20-5-6-22-16-36-18-39(22)17-20/h4-7,12-19H,1,8-11H2,2-3H3. The van der Waals surface area contributed by atoms with Crippen LogP contribution in [0.15, 0.2) is 73.2 Å². The molecule has 6 aromatic rings. The van der Waals surface area contributed by atoms with Crippen molar-refractivity contribution in [2.45, 2.75) is 19.5 Å². The monoisotopic (exact) mass is 626 g/mol. The summed E-state index contributed by atoms with van der Waals surface area (Å²) in [5.74, 6) is -1.68. The van der Waals surface area contributed by atoms with Crippen LogP contribution in [0.25, 0.3) is 49.4 Å². The number of carbonyl (C=O) groups excluding carboxylic acids is 1. The number of pyridine rings is 2. The van der Waals surface area contributed by atoms with Crippen LogP contribution in [-0.2, 0) is 16.1 Å². The molecule has 5 aromatic heterocycles. The molecule has 0 fully saturated rings. The van der Waals surface area contributed by atoms with Gasteiger partial charge >= 0.3 is 0 Å². The van der Waals surface area contributed by atoms with Gasteiger partial charge in [-0.05, 0) is 42.6 Å². The van der Waals surface area contributed by atoms with Gasteiger partial charge in [0.2, 0.25) is 5.91 Å². The van der Waals surface area contributed by atoms with E-state index >= 15 is 4.39 Å². The molecular weight excluding hydrogens is 598 g/mol. The fourth-order valence-electron chi connectivity index (χ4n) is 5.90. The first-order valence-corrected chi connectivity index (χ1v) is 15.2. The zero-order chi connectivity index (χ0) is 31.2. The molecule has 0 aliphatic carbocycles. The second-order valence-electron chi connectivity index (χ2n) is 10.7. The Labute approximate surface area is 261 Å². The SMILES string of the molecule is C=CC(=O)N1CCn2nc(-c3nc(-c4ccc5cncn5c4)c4ccsc4c3-c3c(F)cc(F)cc3OCCOC)cc2C1C. The van der Waals surface area contributed by atoms with Crippen LogP contribution in [0.1, 0.15) is 18.7 Å². The Kier molecular flexibility index (Phi) is 7.38. The normalized spacial score (nSPS) is 14.7. The lowest BCUT2D eigenvalue weighted by Gasteiger charge is -2.33. The molecule has 1 aliphatic rings. The average Bonchev–Trinajstić information content (AvgIpc) is 3.80. The number of thiophene rings is 1. The molecule has 1 aromatic carbocycles. The number of fused-ring (bicyclic) bond motifs is 3. The van der Waals surface area contributed by atoms with E-state index in [4.69, 9.17) is 19.6 Å². The number of ether oxygens (including phenoxy) is 2. The van der Waals surface area contributed by atoms with E-state index in [0.29, 0.717) is 35.7 Å². The van der Waals surface area contributed by atoms with Crippen molar-refractivity contribution in [2.24, 2.45) is 0 Å². The summed E-state index contributed by atoms with van der Waals surface area (Å²) in [5.41, 5.74) is 4.66. The highest BCUT2D eigenvalue weighted by atomic mass is 32.1. The van der Waals surface area contributed by atoms with Gasteiger partial charge in [-0.2, -0.15) is 5.10 Å². The van der Waals surface area contributed by atoms with Crippen molar-refractivity contribution in [3.05, 3.63) is 90.5 Å². The zero-order valence-corrected chi connectivity index (χ0v) is 25.4. The van der Waals surface area contributed by atoms with Gasteiger partial charge in [0.05, 0.1) is 54.2 Å². The first-order chi connectivity index (χ1) is 21.9. The molecule has 1 atom stereocenters. The highest BCUT2D eigenvalue weighted by molar-refractivity contribution is 7.18. The molecule has 1 aliphatic heterocycles. The molecule has 228 valence electrons. The van der Waals surface area contributed by atoms with Crippen LogP contribution in [0.4, 0.5) is 8.78 Å². The van der Waals surface area contributed by atoms with E-state index in [0.717, 1.165) is 32.9 Å². The number of amides is 1. The zero-order valence-electron chi connectivity index (χ0n) is 24.5. The maximum atomic E-state index is 16.0. The van der Waals surface area contributed by atoms with Gasteiger partial charge in [0, 0.05) is 53.2 Å². The third-order valence-corrected chi connectivity index (χ3v) is 8.99. The highest BCUT2D eigenvalue weighted by Crippen LogP contribution is 2.47. The van der Waals surface area contributed by atoms with Crippen LogP contribution in [0.5, 0.6) is 5.75 Å². The van der Waals surface area contributed by atoms with Gasteiger partial charge in [-0.15, -0.1) is 11.3 Å². The first-order valence-electron chi connectivity index (χ1n) is 14.3. The minimum atomic E-state index is -0.784. The molecule has 0 bridgehead atoms. The minimum Gasteiger partial charge on any atom is -0.490 e. The summed E-state index contributed by atoms with van der Waals surface area (Å²) >= 11 is 1.43. The maximum Gasteiger partial charge on any atom is 0.246 e. The average molecular weight is 627 g/mol. The van der Waals surface area contributed by atoms with Crippen molar-refractivity contribution in [1.82, 2.24) is 29.0 Å². The predicted octanol–water partition coefficient (Wildman–Crippen LogP) is 6.53. The van der Waals surface area contributed by atoms with Gasteiger partial charge in [-0.25, -0.2) is 18.7 Å². The molecule has 45 heavy (non-hydrogen) atoms. The van der Waals surface area contributed by atoms with Crippen LogP contribution < -0.4 is 4.74 Å². The Morgan fingerprint density at radius 3 is 2.82 bits per heavy atom. The van der Waals surface area contributed by atoms with E-state index in [1.54, 1.807) is 17.4 Å². The van der Waals surface area contributed by atoms with Crippen LogP contribution in [-0.4, -0.2) is 61.8 Å². The molecule has 0 N–H and O–H groups in total. The summed E-state index contributed by atoms with van der Waals surface area (Å²) in [6.07, 6.45) is 6.74. The summed E-state index contributed by atoms with van der Waals surface area (Å²) in [6.45, 7) is 6.83. The van der Waals surface area contributed by atoms with Gasteiger partial charge in [0.1, 0.15) is 35.4 Å². The smallest absolute Gasteiger partial charge is 0.246 e. The molecule has 7 rings (SSSR count). The summed E-state index contributed by atoms with van der Waals surface area (Å²) < 4.78 is 46.1. The predicted molar refractivity (Wildman–Crippen MR) is 168 cm³/mol. The number of aromatic nitrogens is 5. The van der Waals surface area contributed by atoms with Crippen molar-refractivity contribution in [2.75, 3.05) is 26.9 Å². The topological polar surface area (TPSA) is 86.8 Å². The fourth-order valence-corrected chi connectivity index (χ4v) is 6.85. The number of carbonyl (C=O) groups is 1. The van der Waals surface area contributed by atoms with Crippen LogP contribution >= 0.6 is 11.3 Å². The molecule has 0 spiro atoms. The number of hydrogen-bond acceptors (Lipinski definition) is 7. The van der Waals surface area contributed by atoms with Crippen molar-refractivity contribution in [3.63, 3.8) is 0 Å². The summed E-state index contributed by atoms with van der Waals surface area (Å²) in [4.78, 5) is 23.7. The second kappa shape index (κ2) is 11.5. The molecule has 6 heterocycles. The third-order valence-electron chi connectivity index (χ3n) is 8.06. The number of halogens is 2. The molecule has 0 saturated carbocycles. The fraction of sp³-hybridized carbons (Fsp3) is 0.212. The van der Waals surface area contributed by atoms with E-state index in [1.165, 1.54) is 30.6 Å². The Morgan fingerprint density at radius 2 is 2.00 bits per heavy atom. The van der Waals surface area contributed by atoms with Gasteiger partial charge in [-0.1, -0.05) is 6.58 Å². The van der Waals surface area contributed by atoms with E-state index in [-0.39, 0.29) is 36.5 Å². The third kappa shape index (κ3) is 4.95. The number of nitrogens with zero attached hydrogens (tertiary/aromatic N) is 6. The molecule has 12 heteroatoms. The van der Waals surface area contributed by atoms with Crippen LogP contribution in [0.3, 0.4) is 0 Å². The van der Waals surface area contributed by atoms with E-state index in [1.807, 2.05) is 51.8 Å². The summed E-state index contributed by atoms with van der Waals surface area (Å²) in [6, 6.07) is 9.50. The molecule has 0 radical (unpaired) electrons. The van der Waals surface area contributed by atoms with Crippen LogP contribution in [0.2, 0.25) is 0 Å². The van der Waals surface area contributed by atoms with Gasteiger partial charge < -0.3 is 18.8 Å². The number of methoxy groups -OCH3 is 1. The van der Waals surface area contributed by atoms with Crippen molar-refractivity contribution in [3.8, 4) is 39.5 Å². The summed E-state index contributed by atoms with van der Waals surface area (Å²) in [5, 5.41) is 7.64. The van der Waals surface area contributed by atoms with Crippen molar-refractivity contribution >= 4 is 32.8 Å². The van der Waals surface area contributed by atoms with E-state index < -0.39 is 11.6 Å². The van der Waals surface area contributed by atoms with E-state index in [9.17, 15) is 9.18 Å². The minimum absolute atomic E-state index is 0.0370. The molecule has 9 nitrogen and oxygen atoms in total. The largest absolute Gasteiger partial charge is 0.490 e. The lowest BCUT2D eigenvalue weighted by molar-refractivity contribution is -0.129. The van der Waals surface area contributed by atoms with Crippen molar-refractivity contribution < 1.29 is 23.0 Å². The molecule has 1 amide bonds. The Bertz CT molecular complexity index is 2100. The maximum absolute atomic E-state index is 16.0. The van der Waals surface area contributed by atoms with Crippen LogP contribution in [0, 0.1) is 11.6 Å². The van der Waals surface area contributed by atoms with Crippen molar-refractivity contribution in [1.29, 1.82) is 0 Å². The van der Waals surface area contributed by atoms with Gasteiger partial charge in [0.15, 0.2) is 0 Å². The lowest BCUT2D eigenvalue weighted by Crippen LogP contribution is -2.40. The quantitative estimate of drug-likeness (QED) is 0.141. The molecule has 0 saturated heterocycles. The Morgan fingerprint density at radius 1 is 1.13 bits per heavy atom. The Hall–Kier alpha value is -4.94.